The van der Waals surface area contributed by atoms with Crippen LogP contribution < -0.4 is 0 Å². The molecule has 6 rings (SSSR count). The Morgan fingerprint density at radius 2 is 1.67 bits per heavy atom. The molecule has 1 radical (unpaired) electrons. The number of aromatic nitrogens is 2. The first kappa shape index (κ1) is 28.0. The van der Waals surface area contributed by atoms with Crippen molar-refractivity contribution in [3.8, 4) is 22.6 Å². The van der Waals surface area contributed by atoms with Crippen LogP contribution in [-0.2, 0) is 24.9 Å². The van der Waals surface area contributed by atoms with E-state index < -0.39 is 0 Å². The Balaban J connectivity index is 0.000000394. The molecular formula is C32H27IrN2O4-. The molecule has 0 unspecified atom stereocenters. The van der Waals surface area contributed by atoms with Gasteiger partial charge in [-0.3, -0.25) is 9.78 Å². The van der Waals surface area contributed by atoms with E-state index in [1.165, 1.54) is 31.1 Å². The van der Waals surface area contributed by atoms with Gasteiger partial charge in [0.25, 0.3) is 0 Å². The molecule has 0 bridgehead atoms. The van der Waals surface area contributed by atoms with Crippen molar-refractivity contribution in [3.05, 3.63) is 95.4 Å². The number of allylic oxidation sites excluding steroid dienone is 2. The van der Waals surface area contributed by atoms with Crippen LogP contribution in [0.2, 0.25) is 0 Å². The molecule has 0 atom stereocenters. The Morgan fingerprint density at radius 3 is 2.33 bits per heavy atom. The van der Waals surface area contributed by atoms with Crippen molar-refractivity contribution in [2.45, 2.75) is 34.6 Å². The number of carbonyl (C=O) groups excluding carboxylic acids is 1. The van der Waals surface area contributed by atoms with Crippen LogP contribution in [0, 0.1) is 26.8 Å². The molecule has 0 spiro atoms. The van der Waals surface area contributed by atoms with Crippen molar-refractivity contribution in [2.75, 3.05) is 0 Å². The number of pyridine rings is 2. The molecule has 0 amide bonds. The summed E-state index contributed by atoms with van der Waals surface area (Å²) >= 11 is 0. The fraction of sp³-hybridized carbons (Fsp3) is 0.156. The van der Waals surface area contributed by atoms with Crippen LogP contribution in [0.25, 0.3) is 55.7 Å². The number of ketones is 1. The standard InChI is InChI=1S/C27H19N2O2.C5H8O2.Ir/c1-15-6-4-7-16(2)25(15)24-14-22-23(30-24)13-12-21(29-22)20-9-5-8-18-19-11-10-17(3)28-27(19)31-26(18)20;1-4(6)3-5(2)7;/h4-8,10-14H,1-3H3;3,6H,1-2H3;/q-1;;/b;4-3-;. The van der Waals surface area contributed by atoms with E-state index in [4.69, 9.17) is 18.9 Å². The number of nitrogens with zero attached hydrogens (tertiary/aromatic N) is 2. The van der Waals surface area contributed by atoms with Crippen LogP contribution in [0.1, 0.15) is 30.7 Å². The van der Waals surface area contributed by atoms with Gasteiger partial charge in [-0.05, 0) is 69.6 Å². The van der Waals surface area contributed by atoms with E-state index in [-0.39, 0.29) is 31.6 Å². The quantitative estimate of drug-likeness (QED) is 0.114. The molecule has 199 valence electrons. The minimum atomic E-state index is -0.125. The molecule has 0 fully saturated rings. The van der Waals surface area contributed by atoms with Crippen LogP contribution in [0.3, 0.4) is 0 Å². The van der Waals surface area contributed by atoms with Gasteiger partial charge in [0.05, 0.1) is 16.9 Å². The first-order valence-electron chi connectivity index (χ1n) is 12.3. The summed E-state index contributed by atoms with van der Waals surface area (Å²) in [4.78, 5) is 19.4. The van der Waals surface area contributed by atoms with Gasteiger partial charge >= 0.3 is 0 Å². The van der Waals surface area contributed by atoms with E-state index in [2.05, 4.69) is 49.2 Å². The maximum Gasteiger partial charge on any atom is 0.216 e. The maximum absolute atomic E-state index is 10.0. The van der Waals surface area contributed by atoms with Crippen molar-refractivity contribution in [2.24, 2.45) is 0 Å². The maximum atomic E-state index is 10.0. The normalized spacial score (nSPS) is 11.4. The molecule has 6 nitrogen and oxygen atoms in total. The van der Waals surface area contributed by atoms with Gasteiger partial charge in [0.1, 0.15) is 5.76 Å². The van der Waals surface area contributed by atoms with E-state index in [1.54, 1.807) is 0 Å². The fourth-order valence-corrected chi connectivity index (χ4v) is 4.59. The summed E-state index contributed by atoms with van der Waals surface area (Å²) in [5, 5.41) is 10.4. The average Bonchev–Trinajstić information content (AvgIpc) is 3.43. The zero-order chi connectivity index (χ0) is 27.0. The largest absolute Gasteiger partial charge is 0.512 e. The summed E-state index contributed by atoms with van der Waals surface area (Å²) in [6, 6.07) is 23.5. The summed E-state index contributed by atoms with van der Waals surface area (Å²) in [5.74, 6) is 0.772. The van der Waals surface area contributed by atoms with Gasteiger partial charge in [-0.1, -0.05) is 35.2 Å². The predicted molar refractivity (Wildman–Crippen MR) is 150 cm³/mol. The summed E-state index contributed by atoms with van der Waals surface area (Å²) in [5.41, 5.74) is 8.99. The third-order valence-electron chi connectivity index (χ3n) is 6.21. The van der Waals surface area contributed by atoms with E-state index in [0.717, 1.165) is 55.7 Å². The van der Waals surface area contributed by atoms with Gasteiger partial charge in [-0.2, -0.15) is 0 Å². The van der Waals surface area contributed by atoms with Gasteiger partial charge in [-0.15, -0.1) is 18.2 Å². The minimum Gasteiger partial charge on any atom is -0.512 e. The summed E-state index contributed by atoms with van der Waals surface area (Å²) < 4.78 is 12.3. The average molecular weight is 696 g/mol. The van der Waals surface area contributed by atoms with Crippen LogP contribution in [-0.4, -0.2) is 20.9 Å². The summed E-state index contributed by atoms with van der Waals surface area (Å²) in [7, 11) is 0. The molecule has 6 aromatic rings. The number of rotatable bonds is 3. The van der Waals surface area contributed by atoms with Crippen LogP contribution >= 0.6 is 0 Å². The molecule has 1 N–H and O–H groups in total. The van der Waals surface area contributed by atoms with Gasteiger partial charge < -0.3 is 13.9 Å². The summed E-state index contributed by atoms with van der Waals surface area (Å²) in [6.45, 7) is 9.01. The number of aryl methyl sites for hydroxylation is 3. The number of carbonyl (C=O) groups is 1. The molecule has 0 aliphatic carbocycles. The molecule has 39 heavy (non-hydrogen) atoms. The molecule has 0 aliphatic rings. The van der Waals surface area contributed by atoms with E-state index >= 15 is 0 Å². The minimum absolute atomic E-state index is 0. The van der Waals surface area contributed by atoms with Crippen molar-refractivity contribution in [1.82, 2.24) is 9.97 Å². The number of aliphatic hydroxyl groups excluding tert-OH is 1. The molecule has 0 saturated heterocycles. The zero-order valence-electron chi connectivity index (χ0n) is 22.3. The molecule has 4 aromatic heterocycles. The first-order chi connectivity index (χ1) is 18.2. The van der Waals surface area contributed by atoms with Gasteiger partial charge in [0.15, 0.2) is 11.4 Å². The zero-order valence-corrected chi connectivity index (χ0v) is 24.6. The number of benzene rings is 2. The second-order valence-electron chi connectivity index (χ2n) is 9.36. The number of furan rings is 2. The summed E-state index contributed by atoms with van der Waals surface area (Å²) in [6.07, 6.45) is 1.17. The van der Waals surface area contributed by atoms with E-state index in [1.807, 2.05) is 43.3 Å². The first-order valence-corrected chi connectivity index (χ1v) is 12.3. The topological polar surface area (TPSA) is 89.4 Å². The Morgan fingerprint density at radius 1 is 0.923 bits per heavy atom. The SMILES string of the molecule is CC(=O)/C=C(/C)O.Cc1ccc2c(n1)oc1c(-c3ccc4oc(-c5c(C)cccc5C)cc4n3)[c-]ccc12.[Ir]. The molecule has 2 aromatic carbocycles. The van der Waals surface area contributed by atoms with Crippen molar-refractivity contribution >= 4 is 39.0 Å². The van der Waals surface area contributed by atoms with Gasteiger partial charge in [0, 0.05) is 48.9 Å². The number of fused-ring (bicyclic) bond motifs is 4. The van der Waals surface area contributed by atoms with Gasteiger partial charge in [-0.25, -0.2) is 4.98 Å². The fourth-order valence-electron chi connectivity index (χ4n) is 4.59. The van der Waals surface area contributed by atoms with E-state index in [9.17, 15) is 4.79 Å². The van der Waals surface area contributed by atoms with Gasteiger partial charge in [0.2, 0.25) is 5.71 Å². The second-order valence-corrected chi connectivity index (χ2v) is 9.36. The van der Waals surface area contributed by atoms with Crippen LogP contribution in [0.5, 0.6) is 0 Å². The van der Waals surface area contributed by atoms with Crippen LogP contribution in [0.15, 0.2) is 81.3 Å². The Hall–Kier alpha value is -4.06. The third kappa shape index (κ3) is 5.70. The second kappa shape index (κ2) is 11.4. The van der Waals surface area contributed by atoms with E-state index in [0.29, 0.717) is 5.71 Å². The Labute approximate surface area is 239 Å². The smallest absolute Gasteiger partial charge is 0.216 e. The Bertz CT molecular complexity index is 1840. The predicted octanol–water partition coefficient (Wildman–Crippen LogP) is 8.22. The number of hydrogen-bond donors (Lipinski definition) is 1. The number of hydrogen-bond acceptors (Lipinski definition) is 6. The van der Waals surface area contributed by atoms with Crippen LogP contribution in [0.4, 0.5) is 0 Å². The molecule has 4 heterocycles. The van der Waals surface area contributed by atoms with Crippen molar-refractivity contribution in [1.29, 1.82) is 0 Å². The third-order valence-corrected chi connectivity index (χ3v) is 6.21. The molecular weight excluding hydrogens is 669 g/mol. The van der Waals surface area contributed by atoms with Crippen molar-refractivity contribution < 1.29 is 38.8 Å². The number of aliphatic hydroxyl groups is 1. The molecule has 7 heteroatoms. The Kier molecular flexibility index (Phi) is 8.14. The molecule has 0 aliphatic heterocycles. The van der Waals surface area contributed by atoms with Crippen molar-refractivity contribution in [3.63, 3.8) is 0 Å². The molecule has 0 saturated carbocycles. The monoisotopic (exact) mass is 696 g/mol.